The van der Waals surface area contributed by atoms with Crippen molar-refractivity contribution in [3.63, 3.8) is 0 Å². The Morgan fingerprint density at radius 3 is 2.25 bits per heavy atom. The number of hydrogen-bond acceptors (Lipinski definition) is 3. The van der Waals surface area contributed by atoms with Crippen LogP contribution in [0.15, 0.2) is 90.9 Å². The molecule has 5 nitrogen and oxygen atoms in total. The van der Waals surface area contributed by atoms with Crippen LogP contribution in [-0.2, 0) is 4.79 Å². The van der Waals surface area contributed by atoms with E-state index < -0.39 is 0 Å². The van der Waals surface area contributed by atoms with Crippen molar-refractivity contribution in [1.82, 2.24) is 15.6 Å². The summed E-state index contributed by atoms with van der Waals surface area (Å²) in [6, 6.07) is 21.8. The van der Waals surface area contributed by atoms with Gasteiger partial charge >= 0.3 is 0 Å². The van der Waals surface area contributed by atoms with Crippen molar-refractivity contribution in [2.75, 3.05) is 0 Å². The SMILES string of the molecule is C[C@H](NC(=O)C(=Cc1cccnc1)NC(=O)c1ccccc1)c1ccccc1. The van der Waals surface area contributed by atoms with Gasteiger partial charge in [0.2, 0.25) is 0 Å². The fourth-order valence-corrected chi connectivity index (χ4v) is 2.67. The number of benzene rings is 2. The normalized spacial score (nSPS) is 12.1. The molecule has 1 atom stereocenters. The zero-order chi connectivity index (χ0) is 19.8. The molecule has 2 aromatic carbocycles. The van der Waals surface area contributed by atoms with Crippen LogP contribution in [0.2, 0.25) is 0 Å². The molecule has 1 heterocycles. The van der Waals surface area contributed by atoms with Crippen LogP contribution in [0.4, 0.5) is 0 Å². The van der Waals surface area contributed by atoms with E-state index in [1.54, 1.807) is 48.8 Å². The van der Waals surface area contributed by atoms with E-state index >= 15 is 0 Å². The number of amides is 2. The van der Waals surface area contributed by atoms with Gasteiger partial charge in [0.25, 0.3) is 11.8 Å². The molecule has 0 saturated heterocycles. The number of hydrogen-bond donors (Lipinski definition) is 2. The molecule has 0 aliphatic carbocycles. The van der Waals surface area contributed by atoms with Gasteiger partial charge in [-0.15, -0.1) is 0 Å². The van der Waals surface area contributed by atoms with Gasteiger partial charge in [-0.1, -0.05) is 54.6 Å². The first-order valence-electron chi connectivity index (χ1n) is 8.97. The summed E-state index contributed by atoms with van der Waals surface area (Å²) in [6.45, 7) is 1.90. The van der Waals surface area contributed by atoms with E-state index in [2.05, 4.69) is 15.6 Å². The second-order valence-electron chi connectivity index (χ2n) is 6.27. The summed E-state index contributed by atoms with van der Waals surface area (Å²) < 4.78 is 0. The number of pyridine rings is 1. The summed E-state index contributed by atoms with van der Waals surface area (Å²) in [5, 5.41) is 5.65. The first kappa shape index (κ1) is 19.0. The minimum atomic E-state index is -0.371. The van der Waals surface area contributed by atoms with E-state index in [0.29, 0.717) is 11.1 Å². The molecule has 2 amide bonds. The summed E-state index contributed by atoms with van der Waals surface area (Å²) in [5.74, 6) is -0.720. The Bertz CT molecular complexity index is 955. The quantitative estimate of drug-likeness (QED) is 0.649. The number of nitrogens with zero attached hydrogens (tertiary/aromatic N) is 1. The maximum atomic E-state index is 12.9. The number of carbonyl (C=O) groups is 2. The van der Waals surface area contributed by atoms with Gasteiger partial charge in [0.05, 0.1) is 6.04 Å². The monoisotopic (exact) mass is 371 g/mol. The average molecular weight is 371 g/mol. The molecule has 28 heavy (non-hydrogen) atoms. The molecule has 0 spiro atoms. The molecule has 0 bridgehead atoms. The first-order chi connectivity index (χ1) is 13.6. The van der Waals surface area contributed by atoms with Crippen LogP contribution < -0.4 is 10.6 Å². The molecular formula is C23H21N3O2. The van der Waals surface area contributed by atoms with Gasteiger partial charge in [0.15, 0.2) is 0 Å². The highest BCUT2D eigenvalue weighted by atomic mass is 16.2. The minimum absolute atomic E-state index is 0.157. The molecule has 0 fully saturated rings. The molecule has 5 heteroatoms. The third kappa shape index (κ3) is 5.14. The smallest absolute Gasteiger partial charge is 0.268 e. The maximum absolute atomic E-state index is 12.9. The van der Waals surface area contributed by atoms with Crippen molar-refractivity contribution in [2.45, 2.75) is 13.0 Å². The summed E-state index contributed by atoms with van der Waals surface area (Å²) in [6.07, 6.45) is 4.89. The lowest BCUT2D eigenvalue weighted by atomic mass is 10.1. The van der Waals surface area contributed by atoms with E-state index in [1.807, 2.05) is 49.4 Å². The zero-order valence-corrected chi connectivity index (χ0v) is 15.5. The summed E-state index contributed by atoms with van der Waals surface area (Å²) in [4.78, 5) is 29.5. The zero-order valence-electron chi connectivity index (χ0n) is 15.5. The predicted octanol–water partition coefficient (Wildman–Crippen LogP) is 3.73. The van der Waals surface area contributed by atoms with E-state index in [-0.39, 0.29) is 23.6 Å². The Morgan fingerprint density at radius 1 is 0.929 bits per heavy atom. The molecule has 2 N–H and O–H groups in total. The molecule has 3 rings (SSSR count). The third-order valence-corrected chi connectivity index (χ3v) is 4.17. The van der Waals surface area contributed by atoms with E-state index in [1.165, 1.54) is 0 Å². The topological polar surface area (TPSA) is 71.1 Å². The largest absolute Gasteiger partial charge is 0.344 e. The van der Waals surface area contributed by atoms with E-state index in [0.717, 1.165) is 5.56 Å². The lowest BCUT2D eigenvalue weighted by Crippen LogP contribution is -2.36. The maximum Gasteiger partial charge on any atom is 0.268 e. The van der Waals surface area contributed by atoms with Crippen molar-refractivity contribution in [3.8, 4) is 0 Å². The highest BCUT2D eigenvalue weighted by Gasteiger charge is 2.17. The van der Waals surface area contributed by atoms with E-state index in [9.17, 15) is 9.59 Å². The van der Waals surface area contributed by atoms with Gasteiger partial charge in [0.1, 0.15) is 5.70 Å². The van der Waals surface area contributed by atoms with Gasteiger partial charge in [-0.3, -0.25) is 14.6 Å². The molecule has 0 saturated carbocycles. The van der Waals surface area contributed by atoms with Gasteiger partial charge < -0.3 is 10.6 Å². The van der Waals surface area contributed by atoms with Crippen LogP contribution in [0.1, 0.15) is 34.5 Å². The van der Waals surface area contributed by atoms with Gasteiger partial charge in [-0.2, -0.15) is 0 Å². The summed E-state index contributed by atoms with van der Waals surface area (Å²) >= 11 is 0. The van der Waals surface area contributed by atoms with Gasteiger partial charge in [-0.25, -0.2) is 0 Å². The number of nitrogens with one attached hydrogen (secondary N) is 2. The Labute approximate surface area is 164 Å². The van der Waals surface area contributed by atoms with Crippen molar-refractivity contribution >= 4 is 17.9 Å². The Hall–Kier alpha value is -3.73. The minimum Gasteiger partial charge on any atom is -0.344 e. The Morgan fingerprint density at radius 2 is 1.61 bits per heavy atom. The number of aromatic nitrogens is 1. The van der Waals surface area contributed by atoms with Crippen LogP contribution >= 0.6 is 0 Å². The molecule has 0 unspecified atom stereocenters. The molecule has 0 aliphatic rings. The van der Waals surface area contributed by atoms with Crippen LogP contribution in [0, 0.1) is 0 Å². The summed E-state index contributed by atoms with van der Waals surface area (Å²) in [7, 11) is 0. The number of rotatable bonds is 6. The molecule has 0 aliphatic heterocycles. The average Bonchev–Trinajstić information content (AvgIpc) is 2.75. The molecule has 140 valence electrons. The number of carbonyl (C=O) groups excluding carboxylic acids is 2. The highest BCUT2D eigenvalue weighted by Crippen LogP contribution is 2.13. The van der Waals surface area contributed by atoms with Crippen LogP contribution in [-0.4, -0.2) is 16.8 Å². The second kappa shape index (κ2) is 9.28. The van der Waals surface area contributed by atoms with Crippen LogP contribution in [0.5, 0.6) is 0 Å². The molecule has 3 aromatic rings. The first-order valence-corrected chi connectivity index (χ1v) is 8.97. The molecule has 1 aromatic heterocycles. The van der Waals surface area contributed by atoms with Gasteiger partial charge in [-0.05, 0) is 42.3 Å². The van der Waals surface area contributed by atoms with Gasteiger partial charge in [0, 0.05) is 18.0 Å². The van der Waals surface area contributed by atoms with Crippen LogP contribution in [0.3, 0.4) is 0 Å². The highest BCUT2D eigenvalue weighted by molar-refractivity contribution is 6.05. The van der Waals surface area contributed by atoms with Crippen molar-refractivity contribution in [3.05, 3.63) is 108 Å². The molecule has 0 radical (unpaired) electrons. The van der Waals surface area contributed by atoms with Crippen molar-refractivity contribution in [2.24, 2.45) is 0 Å². The molecular weight excluding hydrogens is 350 g/mol. The van der Waals surface area contributed by atoms with Crippen molar-refractivity contribution < 1.29 is 9.59 Å². The Kier molecular flexibility index (Phi) is 6.31. The van der Waals surface area contributed by atoms with Crippen molar-refractivity contribution in [1.29, 1.82) is 0 Å². The Balaban J connectivity index is 1.82. The lowest BCUT2D eigenvalue weighted by molar-refractivity contribution is -0.118. The second-order valence-corrected chi connectivity index (χ2v) is 6.27. The summed E-state index contributed by atoms with van der Waals surface area (Å²) in [5.41, 5.74) is 2.33. The predicted molar refractivity (Wildman–Crippen MR) is 109 cm³/mol. The fourth-order valence-electron chi connectivity index (χ4n) is 2.67. The third-order valence-electron chi connectivity index (χ3n) is 4.17. The standard InChI is InChI=1S/C23H21N3O2/c1-17(19-10-4-2-5-11-19)25-23(28)21(15-18-9-8-14-24-16-18)26-22(27)20-12-6-3-7-13-20/h2-17H,1H3,(H,25,28)(H,26,27)/t17-/m0/s1. The fraction of sp³-hybridized carbons (Fsp3) is 0.0870. The van der Waals surface area contributed by atoms with E-state index in [4.69, 9.17) is 0 Å². The van der Waals surface area contributed by atoms with Crippen LogP contribution in [0.25, 0.3) is 6.08 Å². The lowest BCUT2D eigenvalue weighted by Gasteiger charge is -2.16.